The first kappa shape index (κ1) is 14.6. The molecule has 1 N–H and O–H groups in total. The fraction of sp³-hybridized carbons (Fsp3) is 0.0714. The fourth-order valence-electron chi connectivity index (χ4n) is 1.83. The molecule has 0 spiro atoms. The first-order valence-corrected chi connectivity index (χ1v) is 7.06. The second-order valence-corrected chi connectivity index (χ2v) is 5.21. The number of rotatable bonds is 4. The van der Waals surface area contributed by atoms with Crippen LogP contribution in [0.2, 0.25) is 10.2 Å². The number of hydrogen-bond acceptors (Lipinski definition) is 4. The van der Waals surface area contributed by atoms with Gasteiger partial charge in [0, 0.05) is 12.4 Å². The zero-order valence-corrected chi connectivity index (χ0v) is 12.7. The Bertz CT molecular complexity index is 813. The molecular weight excluding hydrogens is 327 g/mol. The van der Waals surface area contributed by atoms with Gasteiger partial charge in [0.15, 0.2) is 10.9 Å². The van der Waals surface area contributed by atoms with E-state index in [1.54, 1.807) is 35.1 Å². The quantitative estimate of drug-likeness (QED) is 0.740. The van der Waals surface area contributed by atoms with Crippen molar-refractivity contribution in [2.24, 2.45) is 0 Å². The second-order valence-electron chi connectivity index (χ2n) is 4.42. The fourth-order valence-corrected chi connectivity index (χ4v) is 2.16. The number of halogens is 2. The van der Waals surface area contributed by atoms with Crippen molar-refractivity contribution in [1.82, 2.24) is 14.8 Å². The first-order valence-electron chi connectivity index (χ1n) is 6.30. The van der Waals surface area contributed by atoms with E-state index in [4.69, 9.17) is 27.6 Å². The lowest BCUT2D eigenvalue weighted by Gasteiger charge is -2.04. The molecule has 112 valence electrons. The molecule has 0 fully saturated rings. The smallest absolute Gasteiger partial charge is 0.291 e. The predicted molar refractivity (Wildman–Crippen MR) is 82.2 cm³/mol. The molecule has 0 radical (unpaired) electrons. The van der Waals surface area contributed by atoms with Crippen LogP contribution in [-0.4, -0.2) is 20.7 Å². The normalized spacial score (nSPS) is 10.6. The maximum Gasteiger partial charge on any atom is 0.291 e. The number of nitrogens with one attached hydrogen (secondary N) is 1. The molecule has 0 aromatic carbocycles. The molecular formula is C14H10Cl2N4O2. The number of nitrogens with zero attached hydrogens (tertiary/aromatic N) is 3. The van der Waals surface area contributed by atoms with Gasteiger partial charge >= 0.3 is 0 Å². The topological polar surface area (TPSA) is 73.0 Å². The lowest BCUT2D eigenvalue weighted by molar-refractivity contribution is 0.0994. The lowest BCUT2D eigenvalue weighted by Crippen LogP contribution is -2.11. The average molecular weight is 337 g/mol. The van der Waals surface area contributed by atoms with Crippen LogP contribution < -0.4 is 5.32 Å². The third kappa shape index (κ3) is 3.29. The van der Waals surface area contributed by atoms with E-state index >= 15 is 0 Å². The molecule has 0 saturated carbocycles. The van der Waals surface area contributed by atoms with Gasteiger partial charge in [0.25, 0.3) is 5.91 Å². The summed E-state index contributed by atoms with van der Waals surface area (Å²) in [6, 6.07) is 6.62. The predicted octanol–water partition coefficient (Wildman–Crippen LogP) is 3.48. The van der Waals surface area contributed by atoms with Crippen molar-refractivity contribution < 1.29 is 9.21 Å². The van der Waals surface area contributed by atoms with Crippen molar-refractivity contribution >= 4 is 34.8 Å². The summed E-state index contributed by atoms with van der Waals surface area (Å²) in [6.07, 6.45) is 4.74. The Hall–Kier alpha value is -2.31. The van der Waals surface area contributed by atoms with Crippen LogP contribution in [0.15, 0.2) is 47.3 Å². The molecule has 6 nitrogen and oxygen atoms in total. The highest BCUT2D eigenvalue weighted by Crippen LogP contribution is 2.19. The van der Waals surface area contributed by atoms with E-state index in [1.807, 2.05) is 0 Å². The van der Waals surface area contributed by atoms with Crippen LogP contribution in [0.3, 0.4) is 0 Å². The van der Waals surface area contributed by atoms with Crippen molar-refractivity contribution in [3.8, 4) is 0 Å². The van der Waals surface area contributed by atoms with Crippen LogP contribution in [-0.2, 0) is 6.54 Å². The van der Waals surface area contributed by atoms with Crippen molar-refractivity contribution in [3.63, 3.8) is 0 Å². The minimum absolute atomic E-state index is 0.174. The van der Waals surface area contributed by atoms with Gasteiger partial charge in [0.2, 0.25) is 0 Å². The Morgan fingerprint density at radius 1 is 1.32 bits per heavy atom. The summed E-state index contributed by atoms with van der Waals surface area (Å²) >= 11 is 11.7. The zero-order chi connectivity index (χ0) is 15.5. The number of carbonyl (C=O) groups excluding carboxylic acids is 1. The van der Waals surface area contributed by atoms with Crippen LogP contribution in [0, 0.1) is 0 Å². The highest BCUT2D eigenvalue weighted by molar-refractivity contribution is 6.32. The maximum absolute atomic E-state index is 12.1. The molecule has 3 heterocycles. The molecule has 22 heavy (non-hydrogen) atoms. The Morgan fingerprint density at radius 3 is 2.91 bits per heavy atom. The Morgan fingerprint density at radius 2 is 2.18 bits per heavy atom. The van der Waals surface area contributed by atoms with E-state index < -0.39 is 5.91 Å². The summed E-state index contributed by atoms with van der Waals surface area (Å²) in [7, 11) is 0. The summed E-state index contributed by atoms with van der Waals surface area (Å²) in [5, 5.41) is 7.43. The third-order valence-corrected chi connectivity index (χ3v) is 3.31. The molecule has 0 saturated heterocycles. The molecule has 0 atom stereocenters. The number of carbonyl (C=O) groups is 1. The summed E-state index contributed by atoms with van der Waals surface area (Å²) in [5.74, 6) is 0.357. The SMILES string of the molecule is O=C(Nc1cccnc1Cl)c1ccc(Cn2cc(Cl)cn2)o1. The van der Waals surface area contributed by atoms with Gasteiger partial charge in [-0.2, -0.15) is 5.10 Å². The summed E-state index contributed by atoms with van der Waals surface area (Å²) in [6.45, 7) is 0.383. The van der Waals surface area contributed by atoms with Gasteiger partial charge in [-0.25, -0.2) is 4.98 Å². The van der Waals surface area contributed by atoms with Crippen molar-refractivity contribution in [2.75, 3.05) is 5.32 Å². The van der Waals surface area contributed by atoms with Gasteiger partial charge in [-0.15, -0.1) is 0 Å². The molecule has 3 aromatic rings. The van der Waals surface area contributed by atoms with E-state index in [0.29, 0.717) is 23.0 Å². The molecule has 0 aliphatic heterocycles. The number of hydrogen-bond donors (Lipinski definition) is 1. The van der Waals surface area contributed by atoms with Crippen LogP contribution in [0.1, 0.15) is 16.3 Å². The number of anilines is 1. The lowest BCUT2D eigenvalue weighted by atomic mass is 10.3. The van der Waals surface area contributed by atoms with E-state index in [0.717, 1.165) is 0 Å². The van der Waals surface area contributed by atoms with Gasteiger partial charge in [0.1, 0.15) is 5.76 Å². The molecule has 3 rings (SSSR count). The van der Waals surface area contributed by atoms with Gasteiger partial charge in [-0.3, -0.25) is 9.48 Å². The zero-order valence-electron chi connectivity index (χ0n) is 11.2. The van der Waals surface area contributed by atoms with Crippen LogP contribution >= 0.6 is 23.2 Å². The van der Waals surface area contributed by atoms with Gasteiger partial charge in [-0.1, -0.05) is 23.2 Å². The van der Waals surface area contributed by atoms with Crippen LogP contribution in [0.4, 0.5) is 5.69 Å². The van der Waals surface area contributed by atoms with Crippen molar-refractivity contribution in [2.45, 2.75) is 6.54 Å². The molecule has 8 heteroatoms. The third-order valence-electron chi connectivity index (χ3n) is 2.81. The van der Waals surface area contributed by atoms with Crippen LogP contribution in [0.25, 0.3) is 0 Å². The summed E-state index contributed by atoms with van der Waals surface area (Å²) < 4.78 is 7.10. The van der Waals surface area contributed by atoms with Crippen molar-refractivity contribution in [1.29, 1.82) is 0 Å². The average Bonchev–Trinajstić information content (AvgIpc) is 3.11. The molecule has 0 aliphatic carbocycles. The molecule has 0 aliphatic rings. The minimum atomic E-state index is -0.403. The first-order chi connectivity index (χ1) is 10.6. The Labute approximate surface area is 135 Å². The Kier molecular flexibility index (Phi) is 4.13. The van der Waals surface area contributed by atoms with Crippen LogP contribution in [0.5, 0.6) is 0 Å². The Balaban J connectivity index is 1.70. The molecule has 1 amide bonds. The van der Waals surface area contributed by atoms with E-state index in [-0.39, 0.29) is 10.9 Å². The van der Waals surface area contributed by atoms with Crippen molar-refractivity contribution in [3.05, 3.63) is 64.6 Å². The van der Waals surface area contributed by atoms with Gasteiger partial charge < -0.3 is 9.73 Å². The molecule has 3 aromatic heterocycles. The van der Waals surface area contributed by atoms with Gasteiger partial charge in [0.05, 0.1) is 23.5 Å². The standard InChI is InChI=1S/C14H10Cl2N4O2/c15-9-6-18-20(7-9)8-10-3-4-12(22-10)14(21)19-11-2-1-5-17-13(11)16/h1-7H,8H2,(H,19,21). The molecule has 0 bridgehead atoms. The van der Waals surface area contributed by atoms with E-state index in [2.05, 4.69) is 15.4 Å². The van der Waals surface area contributed by atoms with Gasteiger partial charge in [-0.05, 0) is 24.3 Å². The number of pyridine rings is 1. The number of furan rings is 1. The highest BCUT2D eigenvalue weighted by Gasteiger charge is 2.13. The number of amides is 1. The largest absolute Gasteiger partial charge is 0.454 e. The minimum Gasteiger partial charge on any atom is -0.454 e. The summed E-state index contributed by atoms with van der Waals surface area (Å²) in [4.78, 5) is 16.0. The summed E-state index contributed by atoms with van der Waals surface area (Å²) in [5.41, 5.74) is 0.422. The second kappa shape index (κ2) is 6.21. The van der Waals surface area contributed by atoms with E-state index in [9.17, 15) is 4.79 Å². The maximum atomic E-state index is 12.1. The highest BCUT2D eigenvalue weighted by atomic mass is 35.5. The van der Waals surface area contributed by atoms with E-state index in [1.165, 1.54) is 12.4 Å². The number of aromatic nitrogens is 3. The monoisotopic (exact) mass is 336 g/mol. The molecule has 0 unspecified atom stereocenters.